The number of aliphatic hydroxyl groups is 3. The Hall–Kier alpha value is -3.22. The first kappa shape index (κ1) is 42.9. The Kier molecular flexibility index (Phi) is 14.0. The molecule has 4 aliphatic rings. The fraction of sp³-hybridized carbons (Fsp3) is 0.682. The number of likely N-dealkylation sites (N-methyl/N-ethyl adjacent to an activating group) is 1. The number of ether oxygens (including phenoxy) is 1. The van der Waals surface area contributed by atoms with Crippen LogP contribution < -0.4 is 19.9 Å². The topological polar surface area (TPSA) is 132 Å². The lowest BCUT2D eigenvalue weighted by atomic mass is 9.45. The Labute approximate surface area is 330 Å². The first-order valence-corrected chi connectivity index (χ1v) is 20.6. The number of hydrogen-bond acceptors (Lipinski definition) is 8. The van der Waals surface area contributed by atoms with Gasteiger partial charge in [0.1, 0.15) is 11.9 Å². The predicted octanol–water partition coefficient (Wildman–Crippen LogP) is 4.50. The quantitative estimate of drug-likeness (QED) is 0.117. The van der Waals surface area contributed by atoms with E-state index in [9.17, 15) is 20.1 Å². The van der Waals surface area contributed by atoms with Gasteiger partial charge < -0.3 is 35.2 Å². The van der Waals surface area contributed by atoms with E-state index in [0.29, 0.717) is 40.4 Å². The van der Waals surface area contributed by atoms with Crippen LogP contribution in [0.4, 0.5) is 5.69 Å². The highest BCUT2D eigenvalue weighted by Gasteiger charge is 2.59. The summed E-state index contributed by atoms with van der Waals surface area (Å²) in [4.78, 5) is 28.2. The summed E-state index contributed by atoms with van der Waals surface area (Å²) in [7, 11) is 5.69. The van der Waals surface area contributed by atoms with Gasteiger partial charge in [-0.05, 0) is 94.6 Å². The Balaban J connectivity index is 1.51. The lowest BCUT2D eigenvalue weighted by Crippen LogP contribution is -2.87. The second kappa shape index (κ2) is 17.9. The van der Waals surface area contributed by atoms with Crippen LogP contribution in [0.15, 0.2) is 36.4 Å². The Morgan fingerprint density at radius 3 is 2.40 bits per heavy atom. The standard InChI is InChI=1S/C44H69N5O6/c1-12-48(13-2)34-19-30(18-31(20-34)42(52)45-33(17-26(3)4)24-47(9)10)35-16-14-15-29(41(35)54-11)23-49-40(39(28(6)51)38(25-50)55-49)43(53)46-37-22-32-21-36(27(37)5)44(32,7)8/h14-16,18-20,26-28,32-33,36-40,50-51H,12-13,17,21-25H2,1-11H3,(H,45,52)(H,46,53)/p+1/t27-,28-,32+,33-,36-,37-,38-,39+,40-/m0/s1. The van der Waals surface area contributed by atoms with Gasteiger partial charge in [-0.25, -0.2) is 4.99 Å². The number of anilines is 1. The molecule has 2 bridgehead atoms. The third-order valence-corrected chi connectivity index (χ3v) is 13.0. The summed E-state index contributed by atoms with van der Waals surface area (Å²) in [6.45, 7) is 19.5. The summed E-state index contributed by atoms with van der Waals surface area (Å²) >= 11 is 0. The van der Waals surface area contributed by atoms with Crippen molar-refractivity contribution in [3.63, 3.8) is 0 Å². The molecule has 4 fully saturated rings. The fourth-order valence-electron chi connectivity index (χ4n) is 9.98. The molecule has 306 valence electrons. The van der Waals surface area contributed by atoms with Gasteiger partial charge in [-0.3, -0.25) is 9.63 Å². The van der Waals surface area contributed by atoms with E-state index in [0.717, 1.165) is 54.9 Å². The van der Waals surface area contributed by atoms with Crippen molar-refractivity contribution in [1.82, 2.24) is 15.3 Å². The Bertz CT molecular complexity index is 1630. The van der Waals surface area contributed by atoms with E-state index in [1.807, 2.05) is 44.4 Å². The summed E-state index contributed by atoms with van der Waals surface area (Å²) in [5.74, 6) is 1.99. The Morgan fingerprint density at radius 2 is 1.84 bits per heavy atom. The molecule has 3 aliphatic carbocycles. The zero-order valence-electron chi connectivity index (χ0n) is 35.3. The third-order valence-electron chi connectivity index (χ3n) is 13.0. The molecule has 5 N–H and O–H groups in total. The van der Waals surface area contributed by atoms with Crippen LogP contribution in [0.2, 0.25) is 0 Å². The number of aliphatic hydroxyl groups excluding tert-OH is 3. The smallest absolute Gasteiger partial charge is 0.353 e. The highest BCUT2D eigenvalue weighted by atomic mass is 16.7. The third kappa shape index (κ3) is 9.17. The predicted molar refractivity (Wildman–Crippen MR) is 219 cm³/mol. The molecule has 11 heteroatoms. The minimum Gasteiger partial charge on any atom is -0.496 e. The number of fused-ring (bicyclic) bond motifs is 2. The van der Waals surface area contributed by atoms with Crippen molar-refractivity contribution in [2.24, 2.45) is 35.0 Å². The van der Waals surface area contributed by atoms with Gasteiger partial charge in [-0.2, -0.15) is 5.06 Å². The maximum Gasteiger partial charge on any atom is 0.353 e. The highest BCUT2D eigenvalue weighted by molar-refractivity contribution is 5.97. The largest absolute Gasteiger partial charge is 0.496 e. The SMILES string of the molecule is CCN(CC)c1cc(C(=O)N[C@@H](CC(C)C)CN(C)C)cc(-c2cccc(CN3O[C@@H](CO)[C@@H]([C@H](C)O)[C@H]3C(O)=[NH+][C@H]3C[C@H]4C[C@@H]([C@@H]3C)C4(C)C)c2OC)c1. The summed E-state index contributed by atoms with van der Waals surface area (Å²) in [6.07, 6.45) is 1.51. The fourth-order valence-corrected chi connectivity index (χ4v) is 9.98. The van der Waals surface area contributed by atoms with Crippen molar-refractivity contribution in [1.29, 1.82) is 0 Å². The van der Waals surface area contributed by atoms with Gasteiger partial charge in [0.05, 0.1) is 26.4 Å². The molecule has 6 rings (SSSR count). The lowest BCUT2D eigenvalue weighted by Gasteiger charge is -2.59. The number of benzene rings is 2. The lowest BCUT2D eigenvalue weighted by molar-refractivity contribution is -0.541. The summed E-state index contributed by atoms with van der Waals surface area (Å²) in [6, 6.07) is 11.3. The van der Waals surface area contributed by atoms with Gasteiger partial charge in [0, 0.05) is 66.3 Å². The summed E-state index contributed by atoms with van der Waals surface area (Å²) < 4.78 is 6.16. The molecular weight excluding hydrogens is 695 g/mol. The van der Waals surface area contributed by atoms with E-state index in [-0.39, 0.29) is 37.0 Å². The van der Waals surface area contributed by atoms with Crippen LogP contribution in [0.5, 0.6) is 5.75 Å². The molecule has 1 saturated heterocycles. The second-order valence-electron chi connectivity index (χ2n) is 17.8. The molecule has 1 aliphatic heterocycles. The number of nitrogens with one attached hydrogen (secondary N) is 2. The number of nitrogens with zero attached hydrogens (tertiary/aromatic N) is 3. The first-order chi connectivity index (χ1) is 26.0. The molecule has 0 radical (unpaired) electrons. The van der Waals surface area contributed by atoms with Crippen LogP contribution in [0, 0.1) is 35.0 Å². The van der Waals surface area contributed by atoms with Gasteiger partial charge >= 0.3 is 5.90 Å². The molecule has 0 aromatic heterocycles. The number of hydrogen-bond donors (Lipinski definition) is 5. The molecule has 0 unspecified atom stereocenters. The van der Waals surface area contributed by atoms with Crippen LogP contribution in [0.3, 0.4) is 0 Å². The van der Waals surface area contributed by atoms with Crippen molar-refractivity contribution in [2.45, 2.75) is 112 Å². The maximum absolute atomic E-state index is 14.0. The van der Waals surface area contributed by atoms with Crippen molar-refractivity contribution in [2.75, 3.05) is 52.3 Å². The maximum atomic E-state index is 14.0. The summed E-state index contributed by atoms with van der Waals surface area (Å²) in [5, 5.41) is 38.3. The minimum absolute atomic E-state index is 0.00381. The van der Waals surface area contributed by atoms with Gasteiger partial charge in [-0.1, -0.05) is 52.8 Å². The molecule has 1 amide bonds. The number of para-hydroxylation sites is 1. The minimum atomic E-state index is -0.856. The number of methoxy groups -OCH3 is 1. The van der Waals surface area contributed by atoms with Crippen LogP contribution in [0.25, 0.3) is 11.1 Å². The molecule has 9 atom stereocenters. The number of amides is 1. The molecule has 2 aromatic rings. The molecule has 3 saturated carbocycles. The zero-order chi connectivity index (χ0) is 40.4. The number of carbonyl (C=O) groups excluding carboxylic acids is 1. The van der Waals surface area contributed by atoms with E-state index >= 15 is 0 Å². The van der Waals surface area contributed by atoms with Crippen LogP contribution >= 0.6 is 0 Å². The molecule has 0 spiro atoms. The van der Waals surface area contributed by atoms with E-state index in [1.54, 1.807) is 19.1 Å². The monoisotopic (exact) mass is 765 g/mol. The second-order valence-corrected chi connectivity index (χ2v) is 17.8. The van der Waals surface area contributed by atoms with E-state index in [4.69, 9.17) is 9.57 Å². The highest BCUT2D eigenvalue weighted by Crippen LogP contribution is 2.60. The molecular formula is C44H70N5O6+. The molecule has 55 heavy (non-hydrogen) atoms. The van der Waals surface area contributed by atoms with Crippen molar-refractivity contribution in [3.8, 4) is 16.9 Å². The molecule has 11 nitrogen and oxygen atoms in total. The van der Waals surface area contributed by atoms with Crippen LogP contribution in [-0.2, 0) is 11.4 Å². The summed E-state index contributed by atoms with van der Waals surface area (Å²) in [5.41, 5.74) is 4.30. The van der Waals surface area contributed by atoms with Crippen LogP contribution in [-0.4, -0.2) is 115 Å². The van der Waals surface area contributed by atoms with Crippen LogP contribution in [0.1, 0.15) is 90.6 Å². The van der Waals surface area contributed by atoms with E-state index < -0.39 is 24.2 Å². The average molecular weight is 765 g/mol. The van der Waals surface area contributed by atoms with Gasteiger partial charge in [0.2, 0.25) is 0 Å². The number of carbonyl (C=O) groups is 1. The van der Waals surface area contributed by atoms with Gasteiger partial charge in [-0.15, -0.1) is 0 Å². The normalized spacial score (nSPS) is 27.5. The Morgan fingerprint density at radius 1 is 1.13 bits per heavy atom. The molecule has 1 heterocycles. The van der Waals surface area contributed by atoms with E-state index in [1.165, 1.54) is 6.42 Å². The average Bonchev–Trinajstić information content (AvgIpc) is 3.50. The number of rotatable bonds is 17. The zero-order valence-corrected chi connectivity index (χ0v) is 35.3. The van der Waals surface area contributed by atoms with E-state index in [2.05, 4.69) is 74.6 Å². The van der Waals surface area contributed by atoms with Crippen molar-refractivity contribution < 1.29 is 34.7 Å². The molecule has 2 aromatic carbocycles. The number of hydroxylamine groups is 2. The first-order valence-electron chi connectivity index (χ1n) is 20.6. The van der Waals surface area contributed by atoms with Crippen molar-refractivity contribution >= 4 is 17.5 Å². The van der Waals surface area contributed by atoms with Gasteiger partial charge in [0.25, 0.3) is 5.91 Å². The van der Waals surface area contributed by atoms with Crippen molar-refractivity contribution in [3.05, 3.63) is 47.5 Å². The van der Waals surface area contributed by atoms with Gasteiger partial charge in [0.15, 0.2) is 12.1 Å².